The highest BCUT2D eigenvalue weighted by Gasteiger charge is 2.15. The van der Waals surface area contributed by atoms with Gasteiger partial charge in [-0.3, -0.25) is 9.40 Å². The molecular formula is C17H16BrN3O2S. The van der Waals surface area contributed by atoms with Gasteiger partial charge in [0.15, 0.2) is 0 Å². The van der Waals surface area contributed by atoms with Crippen molar-refractivity contribution < 1.29 is 8.42 Å². The maximum absolute atomic E-state index is 12.5. The maximum Gasteiger partial charge on any atom is 0.261 e. The highest BCUT2D eigenvalue weighted by molar-refractivity contribution is 9.10. The van der Waals surface area contributed by atoms with Crippen LogP contribution in [0.15, 0.2) is 64.1 Å². The molecule has 0 saturated carbocycles. The van der Waals surface area contributed by atoms with Gasteiger partial charge in [-0.2, -0.15) is 5.10 Å². The average molecular weight is 406 g/mol. The summed E-state index contributed by atoms with van der Waals surface area (Å²) in [5.41, 5.74) is 3.09. The fraction of sp³-hybridized carbons (Fsp3) is 0.118. The van der Waals surface area contributed by atoms with Crippen LogP contribution in [-0.4, -0.2) is 18.2 Å². The molecule has 0 fully saturated rings. The quantitative estimate of drug-likeness (QED) is 0.714. The normalized spacial score (nSPS) is 11.5. The van der Waals surface area contributed by atoms with Gasteiger partial charge in [0.25, 0.3) is 10.0 Å². The van der Waals surface area contributed by atoms with Crippen molar-refractivity contribution in [2.75, 3.05) is 4.72 Å². The number of nitrogens with one attached hydrogen (secondary N) is 1. The Labute approximate surface area is 149 Å². The standard InChI is InChI=1S/C17H16BrN3O2S/c1-12-6-8-15(9-7-12)24(22,23)20-14-5-3-4-13(10-14)17-16(18)11-21(2)19-17/h3-11,20H,1-2H3. The van der Waals surface area contributed by atoms with Crippen molar-refractivity contribution in [1.29, 1.82) is 0 Å². The van der Waals surface area contributed by atoms with Gasteiger partial charge in [0.2, 0.25) is 0 Å². The zero-order chi connectivity index (χ0) is 17.3. The Bertz CT molecular complexity index is 979. The highest BCUT2D eigenvalue weighted by atomic mass is 79.9. The molecule has 5 nitrogen and oxygen atoms in total. The van der Waals surface area contributed by atoms with Crippen molar-refractivity contribution in [2.45, 2.75) is 11.8 Å². The van der Waals surface area contributed by atoms with Crippen LogP contribution in [0.1, 0.15) is 5.56 Å². The van der Waals surface area contributed by atoms with Gasteiger partial charge in [-0.05, 0) is 47.1 Å². The molecule has 1 N–H and O–H groups in total. The molecule has 0 atom stereocenters. The van der Waals surface area contributed by atoms with Gasteiger partial charge >= 0.3 is 0 Å². The Hall–Kier alpha value is -2.12. The number of halogens is 1. The van der Waals surface area contributed by atoms with Gasteiger partial charge in [-0.25, -0.2) is 8.42 Å². The molecule has 0 amide bonds. The van der Waals surface area contributed by atoms with Gasteiger partial charge in [0.1, 0.15) is 5.69 Å². The van der Waals surface area contributed by atoms with E-state index in [1.807, 2.05) is 26.2 Å². The lowest BCUT2D eigenvalue weighted by molar-refractivity contribution is 0.601. The van der Waals surface area contributed by atoms with E-state index in [0.717, 1.165) is 21.3 Å². The molecular weight excluding hydrogens is 390 g/mol. The zero-order valence-electron chi connectivity index (χ0n) is 13.2. The summed E-state index contributed by atoms with van der Waals surface area (Å²) in [4.78, 5) is 0.234. The molecule has 2 aromatic carbocycles. The Morgan fingerprint density at radius 2 is 1.83 bits per heavy atom. The van der Waals surface area contributed by atoms with Crippen LogP contribution in [0.4, 0.5) is 5.69 Å². The topological polar surface area (TPSA) is 64.0 Å². The predicted molar refractivity (Wildman–Crippen MR) is 98.3 cm³/mol. The monoisotopic (exact) mass is 405 g/mol. The first-order chi connectivity index (χ1) is 11.3. The second-order valence-electron chi connectivity index (χ2n) is 5.50. The van der Waals surface area contributed by atoms with E-state index >= 15 is 0 Å². The molecule has 0 saturated heterocycles. The Kier molecular flexibility index (Phi) is 4.47. The number of hydrogen-bond acceptors (Lipinski definition) is 3. The summed E-state index contributed by atoms with van der Waals surface area (Å²) in [6, 6.07) is 13.9. The first-order valence-electron chi connectivity index (χ1n) is 7.24. The van der Waals surface area contributed by atoms with Crippen molar-refractivity contribution in [2.24, 2.45) is 7.05 Å². The minimum absolute atomic E-state index is 0.234. The third-order valence-electron chi connectivity index (χ3n) is 3.50. The largest absolute Gasteiger partial charge is 0.280 e. The SMILES string of the molecule is Cc1ccc(S(=O)(=O)Nc2cccc(-c3nn(C)cc3Br)c2)cc1. The summed E-state index contributed by atoms with van der Waals surface area (Å²) >= 11 is 3.46. The third-order valence-corrected chi connectivity index (χ3v) is 5.48. The molecule has 0 aliphatic rings. The summed E-state index contributed by atoms with van der Waals surface area (Å²) in [5, 5.41) is 4.38. The van der Waals surface area contributed by atoms with Crippen LogP contribution in [-0.2, 0) is 17.1 Å². The lowest BCUT2D eigenvalue weighted by Crippen LogP contribution is -2.12. The fourth-order valence-electron chi connectivity index (χ4n) is 2.32. The number of rotatable bonds is 4. The van der Waals surface area contributed by atoms with E-state index in [9.17, 15) is 8.42 Å². The zero-order valence-corrected chi connectivity index (χ0v) is 15.6. The molecule has 0 aliphatic heterocycles. The number of aromatic nitrogens is 2. The molecule has 3 rings (SSSR count). The van der Waals surface area contributed by atoms with Crippen LogP contribution in [0.5, 0.6) is 0 Å². The molecule has 124 valence electrons. The molecule has 1 heterocycles. The smallest absolute Gasteiger partial charge is 0.261 e. The molecule has 0 radical (unpaired) electrons. The molecule has 24 heavy (non-hydrogen) atoms. The van der Waals surface area contributed by atoms with Gasteiger partial charge in [-0.1, -0.05) is 29.8 Å². The first-order valence-corrected chi connectivity index (χ1v) is 9.52. The number of anilines is 1. The molecule has 0 bridgehead atoms. The van der Waals surface area contributed by atoms with E-state index in [1.165, 1.54) is 0 Å². The van der Waals surface area contributed by atoms with E-state index in [-0.39, 0.29) is 4.90 Å². The van der Waals surface area contributed by atoms with Crippen molar-refractivity contribution in [1.82, 2.24) is 9.78 Å². The second-order valence-corrected chi connectivity index (χ2v) is 8.04. The van der Waals surface area contributed by atoms with Crippen molar-refractivity contribution in [3.05, 3.63) is 64.8 Å². The minimum atomic E-state index is -3.62. The van der Waals surface area contributed by atoms with Gasteiger partial charge < -0.3 is 0 Å². The van der Waals surface area contributed by atoms with Crippen molar-refractivity contribution in [3.63, 3.8) is 0 Å². The molecule has 1 aromatic heterocycles. The lowest BCUT2D eigenvalue weighted by Gasteiger charge is -2.09. The van der Waals surface area contributed by atoms with E-state index in [1.54, 1.807) is 47.1 Å². The number of sulfonamides is 1. The molecule has 0 unspecified atom stereocenters. The Morgan fingerprint density at radius 3 is 2.46 bits per heavy atom. The van der Waals surface area contributed by atoms with Gasteiger partial charge in [0.05, 0.1) is 9.37 Å². The number of nitrogens with zero attached hydrogens (tertiary/aromatic N) is 2. The second kappa shape index (κ2) is 6.41. The predicted octanol–water partition coefficient (Wildman–Crippen LogP) is 3.96. The number of benzene rings is 2. The van der Waals surface area contributed by atoms with Gasteiger partial charge in [0, 0.05) is 24.5 Å². The molecule has 0 aliphatic carbocycles. The molecule has 0 spiro atoms. The third kappa shape index (κ3) is 3.52. The van der Waals surface area contributed by atoms with E-state index in [4.69, 9.17) is 0 Å². The summed E-state index contributed by atoms with van der Waals surface area (Å²) in [6.45, 7) is 1.91. The first kappa shape index (κ1) is 16.7. The number of hydrogen-bond donors (Lipinski definition) is 1. The van der Waals surface area contributed by atoms with Crippen LogP contribution in [0, 0.1) is 6.92 Å². The highest BCUT2D eigenvalue weighted by Crippen LogP contribution is 2.28. The molecule has 7 heteroatoms. The Morgan fingerprint density at radius 1 is 1.12 bits per heavy atom. The summed E-state index contributed by atoms with van der Waals surface area (Å²) in [6.07, 6.45) is 1.85. The fourth-order valence-corrected chi connectivity index (χ4v) is 3.97. The van der Waals surface area contributed by atoms with Crippen molar-refractivity contribution >= 4 is 31.6 Å². The van der Waals surface area contributed by atoms with Crippen molar-refractivity contribution in [3.8, 4) is 11.3 Å². The lowest BCUT2D eigenvalue weighted by atomic mass is 10.1. The average Bonchev–Trinajstić information content (AvgIpc) is 2.86. The van der Waals surface area contributed by atoms with Crippen LogP contribution in [0.3, 0.4) is 0 Å². The summed E-state index contributed by atoms with van der Waals surface area (Å²) in [5.74, 6) is 0. The summed E-state index contributed by atoms with van der Waals surface area (Å²) < 4.78 is 30.1. The number of aryl methyl sites for hydroxylation is 2. The Balaban J connectivity index is 1.92. The van der Waals surface area contributed by atoms with Crippen LogP contribution < -0.4 is 4.72 Å². The maximum atomic E-state index is 12.5. The summed E-state index contributed by atoms with van der Waals surface area (Å²) in [7, 11) is -1.79. The van der Waals surface area contributed by atoms with Crippen LogP contribution in [0.2, 0.25) is 0 Å². The van der Waals surface area contributed by atoms with E-state index < -0.39 is 10.0 Å². The molecule has 3 aromatic rings. The van der Waals surface area contributed by atoms with E-state index in [0.29, 0.717) is 5.69 Å². The minimum Gasteiger partial charge on any atom is -0.280 e. The van der Waals surface area contributed by atoms with Crippen LogP contribution in [0.25, 0.3) is 11.3 Å². The van der Waals surface area contributed by atoms with Gasteiger partial charge in [-0.15, -0.1) is 0 Å². The van der Waals surface area contributed by atoms with Crippen LogP contribution >= 0.6 is 15.9 Å². The van der Waals surface area contributed by atoms with E-state index in [2.05, 4.69) is 25.8 Å².